The van der Waals surface area contributed by atoms with Crippen LogP contribution in [0.25, 0.3) is 0 Å². The number of rotatable bonds is 4. The molecular weight excluding hydrogens is 192 g/mol. The van der Waals surface area contributed by atoms with E-state index in [1.807, 2.05) is 0 Å². The normalized spacial score (nSPS) is 9.07. The van der Waals surface area contributed by atoms with Gasteiger partial charge in [-0.15, -0.1) is 6.42 Å². The molecule has 0 saturated heterocycles. The van der Waals surface area contributed by atoms with Crippen LogP contribution in [0, 0.1) is 12.3 Å². The molecule has 1 rings (SSSR count). The Morgan fingerprint density at radius 3 is 2.60 bits per heavy atom. The van der Waals surface area contributed by atoms with E-state index in [1.165, 1.54) is 0 Å². The number of benzene rings is 1. The minimum Gasteiger partial charge on any atom is -0.481 e. The fraction of sp³-hybridized carbons (Fsp3) is 0.250. The third kappa shape index (κ3) is 3.35. The summed E-state index contributed by atoms with van der Waals surface area (Å²) in [6, 6.07) is 6.65. The molecule has 0 saturated carbocycles. The van der Waals surface area contributed by atoms with Crippen molar-refractivity contribution in [3.05, 3.63) is 29.8 Å². The zero-order chi connectivity index (χ0) is 11.1. The molecule has 3 nitrogen and oxygen atoms in total. The van der Waals surface area contributed by atoms with Crippen LogP contribution in [-0.2, 0) is 4.74 Å². The van der Waals surface area contributed by atoms with E-state index in [9.17, 15) is 4.79 Å². The SMILES string of the molecule is C#CCOc1ccc(C(=O)OCC)cc1. The molecule has 0 aliphatic rings. The minimum absolute atomic E-state index is 0.221. The summed E-state index contributed by atoms with van der Waals surface area (Å²) in [5.74, 6) is 2.67. The molecule has 15 heavy (non-hydrogen) atoms. The van der Waals surface area contributed by atoms with E-state index < -0.39 is 0 Å². The fourth-order valence-electron chi connectivity index (χ4n) is 1.03. The van der Waals surface area contributed by atoms with Crippen LogP contribution >= 0.6 is 0 Å². The van der Waals surface area contributed by atoms with Crippen molar-refractivity contribution in [1.29, 1.82) is 0 Å². The van der Waals surface area contributed by atoms with E-state index in [-0.39, 0.29) is 12.6 Å². The van der Waals surface area contributed by atoms with E-state index >= 15 is 0 Å². The van der Waals surface area contributed by atoms with Gasteiger partial charge in [-0.2, -0.15) is 0 Å². The first-order valence-electron chi connectivity index (χ1n) is 4.61. The van der Waals surface area contributed by atoms with Gasteiger partial charge in [0.05, 0.1) is 12.2 Å². The Morgan fingerprint density at radius 1 is 1.40 bits per heavy atom. The number of hydrogen-bond acceptors (Lipinski definition) is 3. The Labute approximate surface area is 89.0 Å². The second-order valence-electron chi connectivity index (χ2n) is 2.74. The van der Waals surface area contributed by atoms with Crippen molar-refractivity contribution < 1.29 is 14.3 Å². The van der Waals surface area contributed by atoms with Gasteiger partial charge in [0.2, 0.25) is 0 Å². The summed E-state index contributed by atoms with van der Waals surface area (Å²) in [4.78, 5) is 11.3. The second-order valence-corrected chi connectivity index (χ2v) is 2.74. The van der Waals surface area contributed by atoms with Gasteiger partial charge in [0.1, 0.15) is 12.4 Å². The molecule has 0 aliphatic heterocycles. The van der Waals surface area contributed by atoms with E-state index in [0.29, 0.717) is 17.9 Å². The second kappa shape index (κ2) is 5.71. The van der Waals surface area contributed by atoms with Crippen molar-refractivity contribution in [2.45, 2.75) is 6.92 Å². The summed E-state index contributed by atoms with van der Waals surface area (Å²) in [6.07, 6.45) is 5.04. The average molecular weight is 204 g/mol. The lowest BCUT2D eigenvalue weighted by Gasteiger charge is -2.04. The Kier molecular flexibility index (Phi) is 4.24. The molecule has 0 aliphatic carbocycles. The number of carbonyl (C=O) groups excluding carboxylic acids is 1. The zero-order valence-electron chi connectivity index (χ0n) is 8.53. The zero-order valence-corrected chi connectivity index (χ0v) is 8.53. The average Bonchev–Trinajstić information content (AvgIpc) is 2.27. The molecule has 0 heterocycles. The largest absolute Gasteiger partial charge is 0.481 e. The van der Waals surface area contributed by atoms with Crippen molar-refractivity contribution in [3.63, 3.8) is 0 Å². The van der Waals surface area contributed by atoms with Crippen molar-refractivity contribution in [2.24, 2.45) is 0 Å². The van der Waals surface area contributed by atoms with Crippen LogP contribution in [0.4, 0.5) is 0 Å². The summed E-state index contributed by atoms with van der Waals surface area (Å²) in [7, 11) is 0. The maximum Gasteiger partial charge on any atom is 0.338 e. The Bertz CT molecular complexity index is 359. The van der Waals surface area contributed by atoms with Crippen LogP contribution in [0.5, 0.6) is 5.75 Å². The lowest BCUT2D eigenvalue weighted by Crippen LogP contribution is -2.04. The third-order valence-electron chi connectivity index (χ3n) is 1.69. The number of carbonyl (C=O) groups is 1. The monoisotopic (exact) mass is 204 g/mol. The topological polar surface area (TPSA) is 35.5 Å². The van der Waals surface area contributed by atoms with Crippen LogP contribution in [0.15, 0.2) is 24.3 Å². The van der Waals surface area contributed by atoms with E-state index in [0.717, 1.165) is 0 Å². The van der Waals surface area contributed by atoms with Gasteiger partial charge < -0.3 is 9.47 Å². The molecule has 0 aromatic heterocycles. The summed E-state index contributed by atoms with van der Waals surface area (Å²) >= 11 is 0. The van der Waals surface area contributed by atoms with Crippen molar-refractivity contribution in [3.8, 4) is 18.1 Å². The van der Waals surface area contributed by atoms with Gasteiger partial charge in [0, 0.05) is 0 Å². The van der Waals surface area contributed by atoms with Crippen molar-refractivity contribution >= 4 is 5.97 Å². The van der Waals surface area contributed by atoms with Gasteiger partial charge in [-0.25, -0.2) is 4.79 Å². The molecule has 0 fully saturated rings. The first-order chi connectivity index (χ1) is 7.27. The highest BCUT2D eigenvalue weighted by atomic mass is 16.5. The van der Waals surface area contributed by atoms with Crippen LogP contribution in [0.3, 0.4) is 0 Å². The molecular formula is C12H12O3. The maximum atomic E-state index is 11.3. The number of hydrogen-bond donors (Lipinski definition) is 0. The molecule has 0 spiro atoms. The van der Waals surface area contributed by atoms with Crippen LogP contribution < -0.4 is 4.74 Å². The van der Waals surface area contributed by atoms with Gasteiger partial charge in [0.15, 0.2) is 0 Å². The molecule has 0 bridgehead atoms. The van der Waals surface area contributed by atoms with Gasteiger partial charge in [-0.3, -0.25) is 0 Å². The predicted octanol–water partition coefficient (Wildman–Crippen LogP) is 1.88. The summed E-state index contributed by atoms with van der Waals surface area (Å²) < 4.78 is 10.00. The lowest BCUT2D eigenvalue weighted by molar-refractivity contribution is 0.0526. The van der Waals surface area contributed by atoms with Crippen LogP contribution in [0.1, 0.15) is 17.3 Å². The first kappa shape index (κ1) is 11.1. The predicted molar refractivity (Wildman–Crippen MR) is 56.7 cm³/mol. The first-order valence-corrected chi connectivity index (χ1v) is 4.61. The summed E-state index contributed by atoms with van der Waals surface area (Å²) in [5, 5.41) is 0. The summed E-state index contributed by atoms with van der Waals surface area (Å²) in [5.41, 5.74) is 0.505. The molecule has 0 radical (unpaired) electrons. The molecule has 78 valence electrons. The van der Waals surface area contributed by atoms with Gasteiger partial charge >= 0.3 is 5.97 Å². The highest BCUT2D eigenvalue weighted by molar-refractivity contribution is 5.89. The Morgan fingerprint density at radius 2 is 2.07 bits per heavy atom. The molecule has 0 unspecified atom stereocenters. The van der Waals surface area contributed by atoms with E-state index in [2.05, 4.69) is 5.92 Å². The van der Waals surface area contributed by atoms with E-state index in [4.69, 9.17) is 15.9 Å². The highest BCUT2D eigenvalue weighted by Crippen LogP contribution is 2.12. The fourth-order valence-corrected chi connectivity index (χ4v) is 1.03. The maximum absolute atomic E-state index is 11.3. The number of esters is 1. The Balaban J connectivity index is 2.64. The highest BCUT2D eigenvalue weighted by Gasteiger charge is 2.05. The smallest absolute Gasteiger partial charge is 0.338 e. The van der Waals surface area contributed by atoms with Crippen molar-refractivity contribution in [2.75, 3.05) is 13.2 Å². The lowest BCUT2D eigenvalue weighted by atomic mass is 10.2. The van der Waals surface area contributed by atoms with Crippen LogP contribution in [0.2, 0.25) is 0 Å². The third-order valence-corrected chi connectivity index (χ3v) is 1.69. The van der Waals surface area contributed by atoms with Gasteiger partial charge in [-0.1, -0.05) is 5.92 Å². The minimum atomic E-state index is -0.332. The molecule has 0 amide bonds. The molecule has 1 aromatic carbocycles. The molecule has 0 N–H and O–H groups in total. The van der Waals surface area contributed by atoms with Gasteiger partial charge in [-0.05, 0) is 31.2 Å². The molecule has 1 aromatic rings. The quantitative estimate of drug-likeness (QED) is 0.555. The number of terminal acetylenes is 1. The molecule has 0 atom stereocenters. The van der Waals surface area contributed by atoms with E-state index in [1.54, 1.807) is 31.2 Å². The summed E-state index contributed by atoms with van der Waals surface area (Å²) in [6.45, 7) is 2.36. The standard InChI is InChI=1S/C12H12O3/c1-3-9-15-11-7-5-10(6-8-11)12(13)14-4-2/h1,5-8H,4,9H2,2H3. The molecule has 3 heteroatoms. The van der Waals surface area contributed by atoms with Gasteiger partial charge in [0.25, 0.3) is 0 Å². The van der Waals surface area contributed by atoms with Crippen molar-refractivity contribution in [1.82, 2.24) is 0 Å². The Hall–Kier alpha value is -1.95. The number of ether oxygens (including phenoxy) is 2. The van der Waals surface area contributed by atoms with Crippen LogP contribution in [-0.4, -0.2) is 19.2 Å².